The van der Waals surface area contributed by atoms with Crippen LogP contribution < -0.4 is 5.32 Å². The van der Waals surface area contributed by atoms with Gasteiger partial charge in [0.05, 0.1) is 6.10 Å². The summed E-state index contributed by atoms with van der Waals surface area (Å²) in [7, 11) is 1.90. The van der Waals surface area contributed by atoms with Gasteiger partial charge in [-0.2, -0.15) is 0 Å². The molecule has 2 nitrogen and oxygen atoms in total. The molecule has 0 aromatic heterocycles. The van der Waals surface area contributed by atoms with E-state index in [4.69, 9.17) is 0 Å². The molecule has 1 aromatic rings. The van der Waals surface area contributed by atoms with Crippen LogP contribution in [-0.2, 0) is 6.42 Å². The van der Waals surface area contributed by atoms with Crippen molar-refractivity contribution in [2.45, 2.75) is 45.8 Å². The predicted molar refractivity (Wildman–Crippen MR) is 73.1 cm³/mol. The van der Waals surface area contributed by atoms with E-state index in [1.807, 2.05) is 19.2 Å². The number of likely N-dealkylation sites (N-methyl/N-ethyl adjacent to an activating group) is 1. The van der Waals surface area contributed by atoms with Crippen molar-refractivity contribution >= 4 is 0 Å². The molecule has 0 saturated heterocycles. The molecule has 2 N–H and O–H groups in total. The van der Waals surface area contributed by atoms with Crippen molar-refractivity contribution in [1.29, 1.82) is 0 Å². The van der Waals surface area contributed by atoms with Crippen LogP contribution in [0.4, 0.5) is 0 Å². The van der Waals surface area contributed by atoms with Crippen LogP contribution in [0.2, 0.25) is 0 Å². The molecule has 0 aliphatic carbocycles. The molecular weight excluding hydrogens is 210 g/mol. The fraction of sp³-hybridized carbons (Fsp3) is 0.600. The molecule has 96 valence electrons. The van der Waals surface area contributed by atoms with Gasteiger partial charge in [0, 0.05) is 6.04 Å². The van der Waals surface area contributed by atoms with Crippen molar-refractivity contribution in [3.63, 3.8) is 0 Å². The lowest BCUT2D eigenvalue weighted by molar-refractivity contribution is 0.110. The van der Waals surface area contributed by atoms with Crippen LogP contribution in [0.5, 0.6) is 0 Å². The third kappa shape index (κ3) is 3.83. The minimum absolute atomic E-state index is 0.104. The first kappa shape index (κ1) is 14.2. The van der Waals surface area contributed by atoms with Crippen LogP contribution in [0.1, 0.15) is 44.4 Å². The monoisotopic (exact) mass is 235 g/mol. The lowest BCUT2D eigenvalue weighted by Crippen LogP contribution is -2.36. The first-order valence-electron chi connectivity index (χ1n) is 6.54. The van der Waals surface area contributed by atoms with Gasteiger partial charge in [0.2, 0.25) is 0 Å². The SMILES string of the molecule is CCCc1ccc(C(O)C(NC)C(C)C)cc1. The van der Waals surface area contributed by atoms with Crippen molar-refractivity contribution in [2.24, 2.45) is 5.92 Å². The van der Waals surface area contributed by atoms with Gasteiger partial charge in [-0.1, -0.05) is 51.5 Å². The second-order valence-corrected chi connectivity index (χ2v) is 4.99. The van der Waals surface area contributed by atoms with Crippen molar-refractivity contribution in [3.8, 4) is 0 Å². The maximum absolute atomic E-state index is 10.3. The third-order valence-electron chi connectivity index (χ3n) is 3.25. The van der Waals surface area contributed by atoms with Crippen molar-refractivity contribution < 1.29 is 5.11 Å². The Bertz CT molecular complexity index is 318. The van der Waals surface area contributed by atoms with E-state index in [1.54, 1.807) is 0 Å². The van der Waals surface area contributed by atoms with E-state index in [9.17, 15) is 5.11 Å². The Balaban J connectivity index is 2.77. The van der Waals surface area contributed by atoms with Gasteiger partial charge >= 0.3 is 0 Å². The smallest absolute Gasteiger partial charge is 0.0945 e. The fourth-order valence-electron chi connectivity index (χ4n) is 2.23. The van der Waals surface area contributed by atoms with Crippen molar-refractivity contribution in [2.75, 3.05) is 7.05 Å². The first-order valence-corrected chi connectivity index (χ1v) is 6.54. The number of hydrogen-bond donors (Lipinski definition) is 2. The summed E-state index contributed by atoms with van der Waals surface area (Å²) in [6, 6.07) is 8.43. The number of hydrogen-bond acceptors (Lipinski definition) is 2. The Labute approximate surface area is 105 Å². The van der Waals surface area contributed by atoms with Crippen LogP contribution in [0.15, 0.2) is 24.3 Å². The van der Waals surface area contributed by atoms with E-state index in [1.165, 1.54) is 5.56 Å². The molecule has 0 aliphatic heterocycles. The van der Waals surface area contributed by atoms with Gasteiger partial charge in [-0.05, 0) is 30.5 Å². The number of aliphatic hydroxyl groups excluding tert-OH is 1. The average Bonchev–Trinajstić information content (AvgIpc) is 2.30. The summed E-state index contributed by atoms with van der Waals surface area (Å²) in [5, 5.41) is 13.5. The largest absolute Gasteiger partial charge is 0.387 e. The zero-order valence-electron chi connectivity index (χ0n) is 11.4. The lowest BCUT2D eigenvalue weighted by atomic mass is 9.93. The Morgan fingerprint density at radius 2 is 1.76 bits per heavy atom. The highest BCUT2D eigenvalue weighted by Crippen LogP contribution is 2.22. The summed E-state index contributed by atoms with van der Waals surface area (Å²) in [5.41, 5.74) is 2.34. The van der Waals surface area contributed by atoms with Gasteiger partial charge in [0.1, 0.15) is 0 Å². The van der Waals surface area contributed by atoms with E-state index < -0.39 is 6.10 Å². The molecule has 0 spiro atoms. The Morgan fingerprint density at radius 1 is 1.18 bits per heavy atom. The summed E-state index contributed by atoms with van der Waals surface area (Å²) in [4.78, 5) is 0. The molecule has 2 unspecified atom stereocenters. The van der Waals surface area contributed by atoms with E-state index >= 15 is 0 Å². The molecule has 1 rings (SSSR count). The van der Waals surface area contributed by atoms with Crippen LogP contribution in [0, 0.1) is 5.92 Å². The minimum Gasteiger partial charge on any atom is -0.387 e. The molecule has 2 heteroatoms. The molecule has 0 radical (unpaired) electrons. The van der Waals surface area contributed by atoms with E-state index in [0.29, 0.717) is 5.92 Å². The molecule has 0 fully saturated rings. The predicted octanol–water partition coefficient (Wildman–Crippen LogP) is 2.92. The molecule has 0 bridgehead atoms. The zero-order valence-corrected chi connectivity index (χ0v) is 11.4. The Hall–Kier alpha value is -0.860. The normalized spacial score (nSPS) is 14.9. The maximum atomic E-state index is 10.3. The number of benzene rings is 1. The van der Waals surface area contributed by atoms with Crippen LogP contribution in [0.25, 0.3) is 0 Å². The van der Waals surface area contributed by atoms with Gasteiger partial charge in [0.15, 0.2) is 0 Å². The molecule has 0 heterocycles. The number of nitrogens with one attached hydrogen (secondary N) is 1. The number of rotatable bonds is 6. The summed E-state index contributed by atoms with van der Waals surface area (Å²) in [5.74, 6) is 0.408. The first-order chi connectivity index (χ1) is 8.10. The lowest BCUT2D eigenvalue weighted by Gasteiger charge is -2.26. The van der Waals surface area contributed by atoms with Crippen LogP contribution >= 0.6 is 0 Å². The highest BCUT2D eigenvalue weighted by atomic mass is 16.3. The van der Waals surface area contributed by atoms with Gasteiger partial charge in [-0.25, -0.2) is 0 Å². The Kier molecular flexibility index (Phi) is 5.66. The summed E-state index contributed by atoms with van der Waals surface area (Å²) in [6.07, 6.45) is 1.83. The van der Waals surface area contributed by atoms with Gasteiger partial charge in [-0.3, -0.25) is 0 Å². The zero-order chi connectivity index (χ0) is 12.8. The van der Waals surface area contributed by atoms with Crippen molar-refractivity contribution in [1.82, 2.24) is 5.32 Å². The molecular formula is C15H25NO. The standard InChI is InChI=1S/C15H25NO/c1-5-6-12-7-9-13(10-8-12)15(17)14(16-4)11(2)3/h7-11,14-17H,5-6H2,1-4H3. The van der Waals surface area contributed by atoms with E-state index in [-0.39, 0.29) is 6.04 Å². The Morgan fingerprint density at radius 3 is 2.18 bits per heavy atom. The van der Waals surface area contributed by atoms with E-state index in [0.717, 1.165) is 18.4 Å². The maximum Gasteiger partial charge on any atom is 0.0945 e. The fourth-order valence-corrected chi connectivity index (χ4v) is 2.23. The molecule has 17 heavy (non-hydrogen) atoms. The van der Waals surface area contributed by atoms with Gasteiger partial charge in [-0.15, -0.1) is 0 Å². The highest BCUT2D eigenvalue weighted by Gasteiger charge is 2.21. The quantitative estimate of drug-likeness (QED) is 0.794. The molecule has 0 saturated carbocycles. The van der Waals surface area contributed by atoms with E-state index in [2.05, 4.69) is 38.2 Å². The topological polar surface area (TPSA) is 32.3 Å². The molecule has 0 aliphatic rings. The van der Waals surface area contributed by atoms with Gasteiger partial charge in [0.25, 0.3) is 0 Å². The second-order valence-electron chi connectivity index (χ2n) is 4.99. The van der Waals surface area contributed by atoms with Gasteiger partial charge < -0.3 is 10.4 Å². The molecule has 1 aromatic carbocycles. The highest BCUT2D eigenvalue weighted by molar-refractivity contribution is 5.25. The average molecular weight is 235 g/mol. The van der Waals surface area contributed by atoms with Crippen molar-refractivity contribution in [3.05, 3.63) is 35.4 Å². The van der Waals surface area contributed by atoms with Crippen LogP contribution in [0.3, 0.4) is 0 Å². The third-order valence-corrected chi connectivity index (χ3v) is 3.25. The summed E-state index contributed by atoms with van der Waals surface area (Å²) < 4.78 is 0. The van der Waals surface area contributed by atoms with Crippen LogP contribution in [-0.4, -0.2) is 18.2 Å². The minimum atomic E-state index is -0.435. The molecule has 0 amide bonds. The second kappa shape index (κ2) is 6.77. The summed E-state index contributed by atoms with van der Waals surface area (Å²) >= 11 is 0. The number of aryl methyl sites for hydroxylation is 1. The summed E-state index contributed by atoms with van der Waals surface area (Å²) in [6.45, 7) is 6.42. The number of aliphatic hydroxyl groups is 1. The molecule has 2 atom stereocenters.